The molecule has 92 valence electrons. The van der Waals surface area contributed by atoms with Crippen LogP contribution in [-0.4, -0.2) is 10.1 Å². The van der Waals surface area contributed by atoms with Crippen molar-refractivity contribution in [2.24, 2.45) is 4.99 Å². The lowest BCUT2D eigenvalue weighted by molar-refractivity contribution is -0.384. The molecule has 0 bridgehead atoms. The van der Waals surface area contributed by atoms with Crippen molar-refractivity contribution < 1.29 is 4.92 Å². The normalized spacial score (nSPS) is 12.4. The molecule has 0 spiro atoms. The Labute approximate surface area is 112 Å². The summed E-state index contributed by atoms with van der Waals surface area (Å²) in [6.07, 6.45) is 0. The molecule has 0 fully saturated rings. The van der Waals surface area contributed by atoms with Crippen molar-refractivity contribution in [1.29, 1.82) is 10.5 Å². The van der Waals surface area contributed by atoms with Crippen LogP contribution in [0.2, 0.25) is 0 Å². The molecule has 0 amide bonds. The van der Waals surface area contributed by atoms with Gasteiger partial charge in [0.2, 0.25) is 0 Å². The Hall–Kier alpha value is -2.90. The van der Waals surface area contributed by atoms with E-state index in [-0.39, 0.29) is 27.8 Å². The molecule has 1 N–H and O–H groups in total. The molecule has 1 aromatic carbocycles. The summed E-state index contributed by atoms with van der Waals surface area (Å²) in [5.74, 6) is 0. The van der Waals surface area contributed by atoms with E-state index < -0.39 is 4.92 Å². The van der Waals surface area contributed by atoms with E-state index in [9.17, 15) is 10.1 Å². The second-order valence-electron chi connectivity index (χ2n) is 3.46. The predicted octanol–water partition coefficient (Wildman–Crippen LogP) is 2.59. The molecule has 1 heterocycles. The molecule has 0 saturated heterocycles. The van der Waals surface area contributed by atoms with Gasteiger partial charge in [-0.1, -0.05) is 11.6 Å². The van der Waals surface area contributed by atoms with E-state index in [4.69, 9.17) is 22.1 Å². The van der Waals surface area contributed by atoms with E-state index in [1.54, 1.807) is 12.1 Å². The summed E-state index contributed by atoms with van der Waals surface area (Å²) in [4.78, 5) is 14.0. The molecule has 1 aromatic rings. The minimum Gasteiger partial charge on any atom is -0.350 e. The maximum atomic E-state index is 10.6. The lowest BCUT2D eigenvalue weighted by atomic mass is 10.1. The van der Waals surface area contributed by atoms with Crippen LogP contribution in [0, 0.1) is 32.8 Å². The number of nitriles is 2. The topological polar surface area (TPSA) is 115 Å². The third kappa shape index (κ3) is 2.23. The number of aliphatic imine (C=N–C) groups is 1. The Kier molecular flexibility index (Phi) is 3.15. The van der Waals surface area contributed by atoms with E-state index in [1.807, 2.05) is 0 Å². The van der Waals surface area contributed by atoms with Crippen molar-refractivity contribution >= 4 is 33.8 Å². The quantitative estimate of drug-likeness (QED) is 0.479. The van der Waals surface area contributed by atoms with Crippen molar-refractivity contribution in [3.8, 4) is 12.1 Å². The van der Waals surface area contributed by atoms with Gasteiger partial charge in [-0.2, -0.15) is 10.5 Å². The average molecular weight is 274 g/mol. The van der Waals surface area contributed by atoms with E-state index in [0.29, 0.717) is 5.69 Å². The van der Waals surface area contributed by atoms with E-state index in [1.165, 1.54) is 18.2 Å². The van der Waals surface area contributed by atoms with Gasteiger partial charge in [-0.3, -0.25) is 10.1 Å². The summed E-state index contributed by atoms with van der Waals surface area (Å²) in [5, 5.41) is 30.9. The fourth-order valence-electron chi connectivity index (χ4n) is 1.48. The third-order valence-corrected chi connectivity index (χ3v) is 2.62. The highest BCUT2D eigenvalue weighted by Gasteiger charge is 2.21. The van der Waals surface area contributed by atoms with Crippen molar-refractivity contribution in [2.45, 2.75) is 0 Å². The number of fused-ring (bicyclic) bond motifs is 1. The standard InChI is InChI=1S/C11H4ClN5O2/c12-11-10(6(4-13)5-14)15-8-2-1-7(17(18)19)3-9(8)16-11/h1-3,15H. The van der Waals surface area contributed by atoms with Gasteiger partial charge in [-0.05, 0) is 6.07 Å². The van der Waals surface area contributed by atoms with Crippen LogP contribution in [0.25, 0.3) is 0 Å². The summed E-state index contributed by atoms with van der Waals surface area (Å²) in [6.45, 7) is 0. The number of rotatable bonds is 1. The monoisotopic (exact) mass is 273 g/mol. The molecule has 8 heteroatoms. The molecule has 1 aliphatic heterocycles. The molecule has 0 saturated carbocycles. The summed E-state index contributed by atoms with van der Waals surface area (Å²) in [5.41, 5.74) is 0.471. The number of benzene rings is 1. The van der Waals surface area contributed by atoms with Gasteiger partial charge in [0.15, 0.2) is 10.7 Å². The maximum absolute atomic E-state index is 10.6. The summed E-state index contributed by atoms with van der Waals surface area (Å²) in [7, 11) is 0. The van der Waals surface area contributed by atoms with Crippen LogP contribution in [0.1, 0.15) is 0 Å². The SMILES string of the molecule is N#CC(C#N)=C1Nc2ccc([N+](=O)[O-])cc2N=C1Cl. The number of non-ortho nitro benzene ring substituents is 1. The highest BCUT2D eigenvalue weighted by molar-refractivity contribution is 6.70. The van der Waals surface area contributed by atoms with E-state index >= 15 is 0 Å². The number of nitrogens with zero attached hydrogens (tertiary/aromatic N) is 4. The Morgan fingerprint density at radius 2 is 2.11 bits per heavy atom. The largest absolute Gasteiger partial charge is 0.350 e. The van der Waals surface area contributed by atoms with Gasteiger partial charge < -0.3 is 5.32 Å². The van der Waals surface area contributed by atoms with Crippen molar-refractivity contribution in [3.05, 3.63) is 39.6 Å². The molecule has 0 aliphatic carbocycles. The smallest absolute Gasteiger partial charge is 0.271 e. The van der Waals surface area contributed by atoms with Crippen LogP contribution >= 0.6 is 11.6 Å². The van der Waals surface area contributed by atoms with Crippen LogP contribution in [0.15, 0.2) is 34.5 Å². The zero-order valence-corrected chi connectivity index (χ0v) is 9.97. The number of nitro benzene ring substituents is 1. The van der Waals surface area contributed by atoms with Gasteiger partial charge in [-0.15, -0.1) is 0 Å². The molecular weight excluding hydrogens is 270 g/mol. The molecule has 7 nitrogen and oxygen atoms in total. The summed E-state index contributed by atoms with van der Waals surface area (Å²) >= 11 is 5.85. The maximum Gasteiger partial charge on any atom is 0.271 e. The molecule has 0 atom stereocenters. The Bertz CT molecular complexity index is 708. The first-order valence-electron chi connectivity index (χ1n) is 4.91. The predicted molar refractivity (Wildman–Crippen MR) is 67.9 cm³/mol. The van der Waals surface area contributed by atoms with Crippen molar-refractivity contribution in [1.82, 2.24) is 0 Å². The number of allylic oxidation sites excluding steroid dienone is 2. The number of hydrogen-bond donors (Lipinski definition) is 1. The van der Waals surface area contributed by atoms with Gasteiger partial charge >= 0.3 is 0 Å². The first-order chi connectivity index (χ1) is 9.06. The van der Waals surface area contributed by atoms with Crippen LogP contribution in [-0.2, 0) is 0 Å². The van der Waals surface area contributed by atoms with Crippen LogP contribution in [0.4, 0.5) is 17.1 Å². The molecule has 0 aromatic heterocycles. The number of hydrogen-bond acceptors (Lipinski definition) is 6. The molecular formula is C11H4ClN5O2. The molecule has 1 aliphatic rings. The van der Waals surface area contributed by atoms with E-state index in [0.717, 1.165) is 0 Å². The van der Waals surface area contributed by atoms with Gasteiger partial charge in [0.05, 0.1) is 16.3 Å². The Morgan fingerprint density at radius 1 is 1.42 bits per heavy atom. The minimum atomic E-state index is -0.551. The molecule has 0 radical (unpaired) electrons. The van der Waals surface area contributed by atoms with Gasteiger partial charge in [0, 0.05) is 12.1 Å². The fraction of sp³-hybridized carbons (Fsp3) is 0. The number of anilines is 1. The first kappa shape index (κ1) is 12.6. The highest BCUT2D eigenvalue weighted by Crippen LogP contribution is 2.35. The highest BCUT2D eigenvalue weighted by atomic mass is 35.5. The lowest BCUT2D eigenvalue weighted by Crippen LogP contribution is -2.13. The first-order valence-corrected chi connectivity index (χ1v) is 5.29. The van der Waals surface area contributed by atoms with Gasteiger partial charge in [0.25, 0.3) is 5.69 Å². The zero-order valence-electron chi connectivity index (χ0n) is 9.22. The summed E-state index contributed by atoms with van der Waals surface area (Å²) < 4.78 is 0. The lowest BCUT2D eigenvalue weighted by Gasteiger charge is -2.16. The van der Waals surface area contributed by atoms with Gasteiger partial charge in [0.1, 0.15) is 17.8 Å². The second-order valence-corrected chi connectivity index (χ2v) is 3.82. The third-order valence-electron chi connectivity index (χ3n) is 2.35. The zero-order chi connectivity index (χ0) is 14.0. The number of nitrogens with one attached hydrogen (secondary N) is 1. The van der Waals surface area contributed by atoms with Gasteiger partial charge in [-0.25, -0.2) is 4.99 Å². The number of halogens is 1. The van der Waals surface area contributed by atoms with Crippen molar-refractivity contribution in [2.75, 3.05) is 5.32 Å². The van der Waals surface area contributed by atoms with Crippen molar-refractivity contribution in [3.63, 3.8) is 0 Å². The second kappa shape index (κ2) is 4.77. The summed E-state index contributed by atoms with van der Waals surface area (Å²) in [6, 6.07) is 7.36. The van der Waals surface area contributed by atoms with Crippen LogP contribution in [0.3, 0.4) is 0 Å². The van der Waals surface area contributed by atoms with Crippen LogP contribution in [0.5, 0.6) is 0 Å². The minimum absolute atomic E-state index is 0.0908. The molecule has 0 unspecified atom stereocenters. The fourth-order valence-corrected chi connectivity index (χ4v) is 1.71. The Balaban J connectivity index is 2.57. The molecule has 19 heavy (non-hydrogen) atoms. The molecule has 2 rings (SSSR count). The average Bonchev–Trinajstić information content (AvgIpc) is 2.40. The van der Waals surface area contributed by atoms with Crippen LogP contribution < -0.4 is 5.32 Å². The number of nitro groups is 1. The Morgan fingerprint density at radius 3 is 2.68 bits per heavy atom. The van der Waals surface area contributed by atoms with E-state index in [2.05, 4.69) is 10.3 Å².